The van der Waals surface area contributed by atoms with Gasteiger partial charge >= 0.3 is 0 Å². The van der Waals surface area contributed by atoms with Crippen LogP contribution in [0.15, 0.2) is 89.0 Å². The van der Waals surface area contributed by atoms with Gasteiger partial charge in [0.05, 0.1) is 0 Å². The molecule has 0 aliphatic rings. The Morgan fingerprint density at radius 1 is 0.893 bits per heavy atom. The summed E-state index contributed by atoms with van der Waals surface area (Å²) in [4.78, 5) is 25.4. The average molecular weight is 435 g/mol. The standard InChI is InChI=1S/C23H19BrN2O2/c1-16-14-19(12-13-20(16)24)25-23(28)21(15-17-8-4-2-5-9-17)26-22(27)18-10-6-3-7-11-18/h2-15H,1H3,(H,25,28)(H,26,27). The van der Waals surface area contributed by atoms with E-state index in [1.165, 1.54) is 0 Å². The van der Waals surface area contributed by atoms with Crippen molar-refractivity contribution in [3.63, 3.8) is 0 Å². The summed E-state index contributed by atoms with van der Waals surface area (Å²) in [5.74, 6) is -0.736. The van der Waals surface area contributed by atoms with E-state index in [0.29, 0.717) is 11.3 Å². The maximum atomic E-state index is 12.9. The van der Waals surface area contributed by atoms with Gasteiger partial charge in [-0.3, -0.25) is 9.59 Å². The van der Waals surface area contributed by atoms with Gasteiger partial charge in [0.25, 0.3) is 11.8 Å². The Bertz CT molecular complexity index is 1020. The fourth-order valence-electron chi connectivity index (χ4n) is 2.58. The molecule has 0 radical (unpaired) electrons. The largest absolute Gasteiger partial charge is 0.321 e. The molecule has 2 N–H and O–H groups in total. The third-order valence-electron chi connectivity index (χ3n) is 4.06. The van der Waals surface area contributed by atoms with Crippen LogP contribution < -0.4 is 10.6 Å². The molecule has 2 amide bonds. The molecule has 0 aromatic heterocycles. The van der Waals surface area contributed by atoms with E-state index in [0.717, 1.165) is 15.6 Å². The Morgan fingerprint density at radius 2 is 1.54 bits per heavy atom. The number of carbonyl (C=O) groups excluding carboxylic acids is 2. The molecular formula is C23H19BrN2O2. The Balaban J connectivity index is 1.87. The molecule has 0 heterocycles. The number of carbonyl (C=O) groups is 2. The van der Waals surface area contributed by atoms with Crippen LogP contribution in [-0.4, -0.2) is 11.8 Å². The van der Waals surface area contributed by atoms with Crippen LogP contribution in [0.2, 0.25) is 0 Å². The Labute approximate surface area is 172 Å². The molecule has 3 rings (SSSR count). The first-order valence-electron chi connectivity index (χ1n) is 8.73. The molecule has 0 aliphatic carbocycles. The lowest BCUT2D eigenvalue weighted by molar-refractivity contribution is -0.113. The van der Waals surface area contributed by atoms with Crippen LogP contribution in [0.5, 0.6) is 0 Å². The van der Waals surface area contributed by atoms with E-state index in [1.807, 2.05) is 55.5 Å². The van der Waals surface area contributed by atoms with E-state index in [4.69, 9.17) is 0 Å². The van der Waals surface area contributed by atoms with Crippen molar-refractivity contribution in [2.24, 2.45) is 0 Å². The lowest BCUT2D eigenvalue weighted by atomic mass is 10.1. The molecule has 0 aliphatic heterocycles. The van der Waals surface area contributed by atoms with E-state index >= 15 is 0 Å². The maximum Gasteiger partial charge on any atom is 0.272 e. The third kappa shape index (κ3) is 5.18. The topological polar surface area (TPSA) is 58.2 Å². The van der Waals surface area contributed by atoms with Gasteiger partial charge in [0, 0.05) is 15.7 Å². The van der Waals surface area contributed by atoms with E-state index in [9.17, 15) is 9.59 Å². The number of amides is 2. The highest BCUT2D eigenvalue weighted by Gasteiger charge is 2.15. The first-order valence-corrected chi connectivity index (χ1v) is 9.53. The number of hydrogen-bond donors (Lipinski definition) is 2. The van der Waals surface area contributed by atoms with Crippen LogP contribution in [0, 0.1) is 6.92 Å². The quantitative estimate of drug-likeness (QED) is 0.544. The van der Waals surface area contributed by atoms with Gasteiger partial charge in [-0.1, -0.05) is 64.5 Å². The Morgan fingerprint density at radius 3 is 2.18 bits per heavy atom. The van der Waals surface area contributed by atoms with Crippen molar-refractivity contribution in [1.29, 1.82) is 0 Å². The zero-order chi connectivity index (χ0) is 19.9. The average Bonchev–Trinajstić information content (AvgIpc) is 2.71. The van der Waals surface area contributed by atoms with Gasteiger partial charge in [-0.15, -0.1) is 0 Å². The van der Waals surface area contributed by atoms with Gasteiger partial charge in [-0.05, 0) is 54.5 Å². The van der Waals surface area contributed by atoms with E-state index in [-0.39, 0.29) is 11.6 Å². The first-order chi connectivity index (χ1) is 13.5. The van der Waals surface area contributed by atoms with Crippen molar-refractivity contribution in [3.8, 4) is 0 Å². The number of halogens is 1. The second-order valence-electron chi connectivity index (χ2n) is 6.21. The molecule has 0 fully saturated rings. The molecule has 4 nitrogen and oxygen atoms in total. The van der Waals surface area contributed by atoms with Crippen molar-refractivity contribution >= 4 is 39.5 Å². The SMILES string of the molecule is Cc1cc(NC(=O)C(=Cc2ccccc2)NC(=O)c2ccccc2)ccc1Br. The summed E-state index contributed by atoms with van der Waals surface area (Å²) >= 11 is 3.45. The number of anilines is 1. The van der Waals surface area contributed by atoms with E-state index < -0.39 is 5.91 Å². The second kappa shape index (κ2) is 9.15. The molecule has 5 heteroatoms. The van der Waals surface area contributed by atoms with E-state index in [2.05, 4.69) is 26.6 Å². The van der Waals surface area contributed by atoms with Gasteiger partial charge in [0.15, 0.2) is 0 Å². The minimum atomic E-state index is -0.394. The molecule has 0 unspecified atom stereocenters. The van der Waals surface area contributed by atoms with Crippen molar-refractivity contribution in [2.75, 3.05) is 5.32 Å². The van der Waals surface area contributed by atoms with Crippen molar-refractivity contribution < 1.29 is 9.59 Å². The Hall–Kier alpha value is -3.18. The molecule has 3 aromatic rings. The summed E-state index contributed by atoms with van der Waals surface area (Å²) in [6.07, 6.45) is 1.65. The lowest BCUT2D eigenvalue weighted by Gasteiger charge is -2.12. The predicted molar refractivity (Wildman–Crippen MR) is 116 cm³/mol. The molecular weight excluding hydrogens is 416 g/mol. The summed E-state index contributed by atoms with van der Waals surface area (Å²) in [7, 11) is 0. The number of rotatable bonds is 5. The third-order valence-corrected chi connectivity index (χ3v) is 4.94. The molecule has 3 aromatic carbocycles. The Kier molecular flexibility index (Phi) is 6.40. The van der Waals surface area contributed by atoms with Gasteiger partial charge < -0.3 is 10.6 Å². The first kappa shape index (κ1) is 19.6. The number of nitrogens with one attached hydrogen (secondary N) is 2. The summed E-state index contributed by atoms with van der Waals surface area (Å²) in [6, 6.07) is 23.7. The molecule has 0 saturated carbocycles. The zero-order valence-corrected chi connectivity index (χ0v) is 16.9. The van der Waals surface area contributed by atoms with Crippen LogP contribution in [0.25, 0.3) is 6.08 Å². The number of hydrogen-bond acceptors (Lipinski definition) is 2. The summed E-state index contributed by atoms with van der Waals surface area (Å²) in [5.41, 5.74) is 3.11. The van der Waals surface area contributed by atoms with Crippen molar-refractivity contribution in [3.05, 3.63) is 106 Å². The molecule has 0 saturated heterocycles. The van der Waals surface area contributed by atoms with Crippen LogP contribution in [0.4, 0.5) is 5.69 Å². The number of aryl methyl sites for hydroxylation is 1. The highest BCUT2D eigenvalue weighted by atomic mass is 79.9. The summed E-state index contributed by atoms with van der Waals surface area (Å²) in [5, 5.41) is 5.57. The fraction of sp³-hybridized carbons (Fsp3) is 0.0435. The normalized spacial score (nSPS) is 11.0. The van der Waals surface area contributed by atoms with Crippen molar-refractivity contribution in [2.45, 2.75) is 6.92 Å². The highest BCUT2D eigenvalue weighted by Crippen LogP contribution is 2.20. The summed E-state index contributed by atoms with van der Waals surface area (Å²) < 4.78 is 0.961. The monoisotopic (exact) mass is 434 g/mol. The van der Waals surface area contributed by atoms with Crippen LogP contribution in [0.1, 0.15) is 21.5 Å². The smallest absolute Gasteiger partial charge is 0.272 e. The minimum Gasteiger partial charge on any atom is -0.321 e. The van der Waals surface area contributed by atoms with Crippen LogP contribution in [-0.2, 0) is 4.79 Å². The minimum absolute atomic E-state index is 0.167. The molecule has 140 valence electrons. The van der Waals surface area contributed by atoms with Crippen LogP contribution in [0.3, 0.4) is 0 Å². The molecule has 0 spiro atoms. The number of benzene rings is 3. The second-order valence-corrected chi connectivity index (χ2v) is 7.06. The lowest BCUT2D eigenvalue weighted by Crippen LogP contribution is -2.30. The van der Waals surface area contributed by atoms with Crippen molar-refractivity contribution in [1.82, 2.24) is 5.32 Å². The van der Waals surface area contributed by atoms with Gasteiger partial charge in [-0.25, -0.2) is 0 Å². The van der Waals surface area contributed by atoms with Gasteiger partial charge in [0.2, 0.25) is 0 Å². The summed E-state index contributed by atoms with van der Waals surface area (Å²) in [6.45, 7) is 1.94. The van der Waals surface area contributed by atoms with Gasteiger partial charge in [0.1, 0.15) is 5.70 Å². The van der Waals surface area contributed by atoms with Gasteiger partial charge in [-0.2, -0.15) is 0 Å². The van der Waals surface area contributed by atoms with E-state index in [1.54, 1.807) is 36.4 Å². The zero-order valence-electron chi connectivity index (χ0n) is 15.3. The maximum absolute atomic E-state index is 12.9. The molecule has 0 bridgehead atoms. The predicted octanol–water partition coefficient (Wildman–Crippen LogP) is 5.17. The fourth-order valence-corrected chi connectivity index (χ4v) is 2.83. The van der Waals surface area contributed by atoms with Crippen LogP contribution >= 0.6 is 15.9 Å². The molecule has 28 heavy (non-hydrogen) atoms. The highest BCUT2D eigenvalue weighted by molar-refractivity contribution is 9.10. The molecule has 0 atom stereocenters.